The summed E-state index contributed by atoms with van der Waals surface area (Å²) in [6, 6.07) is 9.29. The van der Waals surface area contributed by atoms with Gasteiger partial charge in [0.15, 0.2) is 0 Å². The number of rotatable bonds is 8. The predicted molar refractivity (Wildman–Crippen MR) is 118 cm³/mol. The van der Waals surface area contributed by atoms with Crippen molar-refractivity contribution in [3.63, 3.8) is 0 Å². The number of nitrogens with one attached hydrogen (secondary N) is 1. The van der Waals surface area contributed by atoms with E-state index >= 15 is 0 Å². The van der Waals surface area contributed by atoms with Crippen molar-refractivity contribution >= 4 is 39.3 Å². The third-order valence-electron chi connectivity index (χ3n) is 5.13. The fourth-order valence-electron chi connectivity index (χ4n) is 3.35. The second-order valence-corrected chi connectivity index (χ2v) is 10.6. The van der Waals surface area contributed by atoms with E-state index in [1.165, 1.54) is 34.3 Å². The monoisotopic (exact) mass is 488 g/mol. The molecule has 10 heteroatoms. The molecule has 0 unspecified atom stereocenters. The Hall–Kier alpha value is -1.68. The number of carbonyl (C=O) groups is 1. The molecule has 31 heavy (non-hydrogen) atoms. The number of amides is 1. The number of hydrogen-bond donors (Lipinski definition) is 1. The first-order valence-corrected chi connectivity index (χ1v) is 12.8. The first-order valence-electron chi connectivity index (χ1n) is 9.83. The summed E-state index contributed by atoms with van der Waals surface area (Å²) < 4.78 is 53.4. The maximum Gasteiger partial charge on any atom is 0.243 e. The van der Waals surface area contributed by atoms with Crippen LogP contribution in [0.1, 0.15) is 18.4 Å². The van der Waals surface area contributed by atoms with Crippen LogP contribution in [0.25, 0.3) is 0 Å². The molecule has 5 nitrogen and oxygen atoms in total. The predicted octanol–water partition coefficient (Wildman–Crippen LogP) is 4.07. The molecule has 1 fully saturated rings. The number of thioether (sulfide) groups is 1. The highest BCUT2D eigenvalue weighted by atomic mass is 35.5. The highest BCUT2D eigenvalue weighted by Gasteiger charge is 2.31. The van der Waals surface area contributed by atoms with Crippen molar-refractivity contribution in [3.8, 4) is 0 Å². The summed E-state index contributed by atoms with van der Waals surface area (Å²) in [5, 5.41) is 3.25. The van der Waals surface area contributed by atoms with Crippen LogP contribution in [-0.4, -0.2) is 44.0 Å². The number of hydrogen-bond acceptors (Lipinski definition) is 4. The number of piperidine rings is 1. The second kappa shape index (κ2) is 10.8. The van der Waals surface area contributed by atoms with Crippen molar-refractivity contribution in [2.24, 2.45) is 5.92 Å². The van der Waals surface area contributed by atoms with Gasteiger partial charge in [0, 0.05) is 47.6 Å². The van der Waals surface area contributed by atoms with Crippen LogP contribution in [0.4, 0.5) is 8.78 Å². The Balaban J connectivity index is 1.40. The van der Waals surface area contributed by atoms with Crippen LogP contribution in [0.15, 0.2) is 47.4 Å². The molecule has 1 saturated heterocycles. The maximum atomic E-state index is 13.7. The van der Waals surface area contributed by atoms with Crippen LogP contribution < -0.4 is 5.32 Å². The van der Waals surface area contributed by atoms with Gasteiger partial charge in [0.1, 0.15) is 11.6 Å². The van der Waals surface area contributed by atoms with Crippen molar-refractivity contribution in [1.82, 2.24) is 9.62 Å². The van der Waals surface area contributed by atoms with Crippen molar-refractivity contribution in [3.05, 3.63) is 64.7 Å². The molecule has 0 bridgehead atoms. The molecule has 1 amide bonds. The number of nitrogens with zero attached hydrogens (tertiary/aromatic N) is 1. The van der Waals surface area contributed by atoms with Crippen molar-refractivity contribution in [2.75, 3.05) is 25.4 Å². The average Bonchev–Trinajstić information content (AvgIpc) is 2.75. The van der Waals surface area contributed by atoms with Crippen molar-refractivity contribution < 1.29 is 22.0 Å². The fraction of sp³-hybridized carbons (Fsp3) is 0.381. The summed E-state index contributed by atoms with van der Waals surface area (Å²) in [5.41, 5.74) is 0.454. The number of sulfonamides is 1. The molecule has 0 radical (unpaired) electrons. The molecule has 0 aliphatic carbocycles. The molecule has 0 saturated carbocycles. The molecule has 1 N–H and O–H groups in total. The Bertz CT molecular complexity index is 992. The first kappa shape index (κ1) is 24.0. The summed E-state index contributed by atoms with van der Waals surface area (Å²) in [6.45, 7) is 0.903. The lowest BCUT2D eigenvalue weighted by atomic mass is 9.97. The van der Waals surface area contributed by atoms with Gasteiger partial charge in [-0.15, -0.1) is 0 Å². The van der Waals surface area contributed by atoms with E-state index < -0.39 is 15.8 Å². The fourth-order valence-corrected chi connectivity index (χ4v) is 6.02. The third kappa shape index (κ3) is 6.19. The van der Waals surface area contributed by atoms with E-state index in [1.807, 2.05) is 0 Å². The maximum absolute atomic E-state index is 13.7. The Morgan fingerprint density at radius 3 is 2.45 bits per heavy atom. The van der Waals surface area contributed by atoms with Gasteiger partial charge in [0.05, 0.1) is 4.90 Å². The van der Waals surface area contributed by atoms with Gasteiger partial charge in [-0.25, -0.2) is 17.2 Å². The molecule has 2 aromatic carbocycles. The average molecular weight is 489 g/mol. The molecular formula is C21H23ClF2N2O3S2. The number of benzene rings is 2. The molecule has 2 aromatic rings. The van der Waals surface area contributed by atoms with E-state index in [9.17, 15) is 22.0 Å². The lowest BCUT2D eigenvalue weighted by Gasteiger charge is -2.30. The van der Waals surface area contributed by atoms with Gasteiger partial charge in [-0.05, 0) is 49.2 Å². The summed E-state index contributed by atoms with van der Waals surface area (Å²) >= 11 is 7.47. The summed E-state index contributed by atoms with van der Waals surface area (Å²) in [4.78, 5) is 12.4. The quantitative estimate of drug-likeness (QED) is 0.569. The summed E-state index contributed by atoms with van der Waals surface area (Å²) in [5.74, 6) is -0.181. The Morgan fingerprint density at radius 1 is 1.13 bits per heavy atom. The minimum Gasteiger partial charge on any atom is -0.355 e. The van der Waals surface area contributed by atoms with Gasteiger partial charge >= 0.3 is 0 Å². The van der Waals surface area contributed by atoms with Crippen molar-refractivity contribution in [2.45, 2.75) is 23.5 Å². The highest BCUT2D eigenvalue weighted by Crippen LogP contribution is 2.25. The minimum atomic E-state index is -3.70. The molecule has 1 aliphatic heterocycles. The lowest BCUT2D eigenvalue weighted by molar-refractivity contribution is -0.125. The van der Waals surface area contributed by atoms with E-state index in [1.54, 1.807) is 12.1 Å². The van der Waals surface area contributed by atoms with Gasteiger partial charge < -0.3 is 5.32 Å². The largest absolute Gasteiger partial charge is 0.355 e. The van der Waals surface area contributed by atoms with Crippen LogP contribution in [-0.2, 0) is 20.6 Å². The van der Waals surface area contributed by atoms with Gasteiger partial charge in [-0.2, -0.15) is 16.1 Å². The smallest absolute Gasteiger partial charge is 0.243 e. The summed E-state index contributed by atoms with van der Waals surface area (Å²) in [7, 11) is -3.70. The molecule has 3 rings (SSSR count). The van der Waals surface area contributed by atoms with Crippen LogP contribution >= 0.6 is 23.4 Å². The van der Waals surface area contributed by atoms with E-state index in [2.05, 4.69) is 5.32 Å². The SMILES string of the molecule is O=C(NCCSCc1c(F)cccc1Cl)C1CCN(S(=O)(=O)c2ccc(F)cc2)CC1. The van der Waals surface area contributed by atoms with E-state index in [-0.39, 0.29) is 35.6 Å². The van der Waals surface area contributed by atoms with Crippen molar-refractivity contribution in [1.29, 1.82) is 0 Å². The summed E-state index contributed by atoms with van der Waals surface area (Å²) in [6.07, 6.45) is 0.842. The zero-order chi connectivity index (χ0) is 22.4. The van der Waals surface area contributed by atoms with Crippen LogP contribution in [0.5, 0.6) is 0 Å². The zero-order valence-electron chi connectivity index (χ0n) is 16.7. The number of halogens is 3. The van der Waals surface area contributed by atoms with E-state index in [0.29, 0.717) is 41.5 Å². The molecule has 1 heterocycles. The normalized spacial score (nSPS) is 15.7. The Labute approximate surface area is 190 Å². The van der Waals surface area contributed by atoms with Crippen LogP contribution in [0.3, 0.4) is 0 Å². The third-order valence-corrected chi connectivity index (χ3v) is 8.38. The molecule has 1 aliphatic rings. The Kier molecular flexibility index (Phi) is 8.32. The van der Waals surface area contributed by atoms with E-state index in [4.69, 9.17) is 11.6 Å². The van der Waals surface area contributed by atoms with Gasteiger partial charge in [0.25, 0.3) is 0 Å². The standard InChI is InChI=1S/C21H23ClF2N2O3S2/c22-19-2-1-3-20(24)18(19)14-30-13-10-25-21(27)15-8-11-26(12-9-15)31(28,29)17-6-4-16(23)5-7-17/h1-7,15H,8-14H2,(H,25,27). The molecule has 0 atom stereocenters. The molecule has 0 spiro atoms. The molecular weight excluding hydrogens is 466 g/mol. The topological polar surface area (TPSA) is 66.5 Å². The first-order chi connectivity index (χ1) is 14.8. The van der Waals surface area contributed by atoms with E-state index in [0.717, 1.165) is 12.1 Å². The lowest BCUT2D eigenvalue weighted by Crippen LogP contribution is -2.43. The van der Waals surface area contributed by atoms with Crippen LogP contribution in [0, 0.1) is 17.6 Å². The van der Waals surface area contributed by atoms with Gasteiger partial charge in [-0.3, -0.25) is 4.79 Å². The Morgan fingerprint density at radius 2 is 1.81 bits per heavy atom. The minimum absolute atomic E-state index is 0.0452. The molecule has 168 valence electrons. The highest BCUT2D eigenvalue weighted by molar-refractivity contribution is 7.98. The zero-order valence-corrected chi connectivity index (χ0v) is 19.1. The molecule has 0 aromatic heterocycles. The van der Waals surface area contributed by atoms with Gasteiger partial charge in [0.2, 0.25) is 15.9 Å². The van der Waals surface area contributed by atoms with Gasteiger partial charge in [-0.1, -0.05) is 17.7 Å². The number of carbonyl (C=O) groups excluding carboxylic acids is 1. The van der Waals surface area contributed by atoms with Crippen LogP contribution in [0.2, 0.25) is 5.02 Å². The second-order valence-electron chi connectivity index (χ2n) is 7.18.